The normalized spacial score (nSPS) is 11.5. The second-order valence-corrected chi connectivity index (χ2v) is 4.89. The van der Waals surface area contributed by atoms with Crippen molar-refractivity contribution in [3.8, 4) is 0 Å². The van der Waals surface area contributed by atoms with Crippen LogP contribution in [0.25, 0.3) is 0 Å². The summed E-state index contributed by atoms with van der Waals surface area (Å²) >= 11 is 0. The van der Waals surface area contributed by atoms with Gasteiger partial charge in [0.15, 0.2) is 11.6 Å². The van der Waals surface area contributed by atoms with E-state index in [-0.39, 0.29) is 43.1 Å². The molecular weight excluding hydrogens is 312 g/mol. The Bertz CT molecular complexity index is 1090. The van der Waals surface area contributed by atoms with Crippen LogP contribution in [0.15, 0.2) is 24.3 Å². The van der Waals surface area contributed by atoms with Crippen LogP contribution in [0.4, 0.5) is 0 Å². The van der Waals surface area contributed by atoms with E-state index in [2.05, 4.69) is 0 Å². The second-order valence-electron chi connectivity index (χ2n) is 4.89. The summed E-state index contributed by atoms with van der Waals surface area (Å²) in [5.74, 6) is 4.42. The lowest BCUT2D eigenvalue weighted by Crippen LogP contribution is -2.41. The predicted octanol–water partition coefficient (Wildman–Crippen LogP) is -3.53. The lowest BCUT2D eigenvalue weighted by Gasteiger charge is -2.16. The summed E-state index contributed by atoms with van der Waals surface area (Å²) in [4.78, 5) is 69.9. The van der Waals surface area contributed by atoms with Crippen molar-refractivity contribution >= 4 is 35.3 Å². The van der Waals surface area contributed by atoms with Gasteiger partial charge in [-0.1, -0.05) is 0 Å². The third-order valence-corrected chi connectivity index (χ3v) is 3.76. The zero-order valence-electron chi connectivity index (χ0n) is 11.8. The molecule has 0 bridgehead atoms. The van der Waals surface area contributed by atoms with E-state index >= 15 is 0 Å². The summed E-state index contributed by atoms with van der Waals surface area (Å²) in [7, 11) is 0. The van der Waals surface area contributed by atoms with Gasteiger partial charge in [-0.2, -0.15) is 0 Å². The Morgan fingerprint density at radius 1 is 0.458 bits per heavy atom. The lowest BCUT2D eigenvalue weighted by molar-refractivity contribution is 0.0976. The van der Waals surface area contributed by atoms with Gasteiger partial charge < -0.3 is 0 Å². The van der Waals surface area contributed by atoms with Crippen molar-refractivity contribution in [2.45, 2.75) is 0 Å². The quantitative estimate of drug-likeness (QED) is 0.426. The molecule has 0 aromatic heterocycles. The Labute approximate surface area is 132 Å². The van der Waals surface area contributed by atoms with E-state index in [1.165, 1.54) is 23.8 Å². The van der Waals surface area contributed by atoms with Crippen LogP contribution in [-0.2, 0) is 19.2 Å². The van der Waals surface area contributed by atoms with Gasteiger partial charge in [0.1, 0.15) is 23.8 Å². The molecule has 0 saturated carbocycles. The van der Waals surface area contributed by atoms with Gasteiger partial charge in [0.25, 0.3) is 0 Å². The van der Waals surface area contributed by atoms with Gasteiger partial charge >= 0.3 is 0 Å². The maximum atomic E-state index is 12.8. The molecule has 24 heavy (non-hydrogen) atoms. The highest BCUT2D eigenvalue weighted by Crippen LogP contribution is 2.18. The molecule has 0 heterocycles. The fourth-order valence-corrected chi connectivity index (χ4v) is 2.74. The van der Waals surface area contributed by atoms with Crippen LogP contribution < -0.4 is 20.9 Å². The Balaban J connectivity index is 2.73. The monoisotopic (exact) mass is 316 g/mol. The topological polar surface area (TPSA) is 102 Å². The molecule has 0 fully saturated rings. The fourth-order valence-electron chi connectivity index (χ4n) is 2.74. The Morgan fingerprint density at radius 2 is 0.667 bits per heavy atom. The van der Waals surface area contributed by atoms with Gasteiger partial charge in [-0.05, 0) is 24.3 Å². The Kier molecular flexibility index (Phi) is 3.37. The molecular formula is C18H4O6. The molecule has 3 rings (SSSR count). The first-order valence-electron chi connectivity index (χ1n) is 6.55. The molecule has 0 N–H and O–H groups in total. The number of ketones is 2. The van der Waals surface area contributed by atoms with Crippen molar-refractivity contribution in [1.82, 2.24) is 0 Å². The van der Waals surface area contributed by atoms with Crippen LogP contribution >= 0.6 is 0 Å². The van der Waals surface area contributed by atoms with Gasteiger partial charge in [0, 0.05) is 0 Å². The SMILES string of the molecule is O=C=c1ccc(=C=O)c2c1C(=O)c1c(c(=C=O)ccc1=C=O)C2=O. The molecule has 0 saturated heterocycles. The minimum absolute atomic E-state index is 0.231. The summed E-state index contributed by atoms with van der Waals surface area (Å²) in [5.41, 5.74) is -1.38. The Hall–Kier alpha value is -3.90. The molecule has 2 aromatic carbocycles. The highest BCUT2D eigenvalue weighted by Gasteiger charge is 2.34. The molecule has 0 radical (unpaired) electrons. The predicted molar refractivity (Wildman–Crippen MR) is 77.4 cm³/mol. The van der Waals surface area contributed by atoms with E-state index in [1.54, 1.807) is 0 Å². The van der Waals surface area contributed by atoms with Gasteiger partial charge in [-0.15, -0.1) is 0 Å². The molecule has 0 unspecified atom stereocenters. The number of carbonyl (C=O) groups is 2. The van der Waals surface area contributed by atoms with E-state index in [1.807, 2.05) is 0 Å². The van der Waals surface area contributed by atoms with Gasteiger partial charge in [0.05, 0.1) is 43.1 Å². The molecule has 1 aliphatic carbocycles. The third-order valence-electron chi connectivity index (χ3n) is 3.76. The Morgan fingerprint density at radius 3 is 0.833 bits per heavy atom. The lowest BCUT2D eigenvalue weighted by atomic mass is 9.81. The van der Waals surface area contributed by atoms with Crippen LogP contribution in [0.3, 0.4) is 0 Å². The minimum Gasteiger partial charge on any atom is -0.288 e. The molecule has 0 amide bonds. The molecule has 6 heteroatoms. The zero-order valence-corrected chi connectivity index (χ0v) is 11.8. The first-order chi connectivity index (χ1) is 11.6. The van der Waals surface area contributed by atoms with Crippen molar-refractivity contribution in [3.63, 3.8) is 0 Å². The van der Waals surface area contributed by atoms with Crippen LogP contribution in [0.5, 0.6) is 0 Å². The number of benzene rings is 2. The highest BCUT2D eigenvalue weighted by molar-refractivity contribution is 6.29. The highest BCUT2D eigenvalue weighted by atomic mass is 16.1. The third kappa shape index (κ3) is 1.81. The van der Waals surface area contributed by atoms with Crippen molar-refractivity contribution in [1.29, 1.82) is 0 Å². The zero-order chi connectivity index (χ0) is 17.4. The van der Waals surface area contributed by atoms with Gasteiger partial charge in [-0.25, -0.2) is 19.2 Å². The minimum atomic E-state index is -0.842. The number of hydrogen-bond donors (Lipinski definition) is 0. The van der Waals surface area contributed by atoms with Crippen LogP contribution in [-0.4, -0.2) is 35.3 Å². The van der Waals surface area contributed by atoms with Gasteiger partial charge in [0.2, 0.25) is 0 Å². The smallest absolute Gasteiger partial charge is 0.197 e. The average Bonchev–Trinajstić information content (AvgIpc) is 2.63. The summed E-state index contributed by atoms with van der Waals surface area (Å²) in [6.07, 6.45) is 0. The molecule has 112 valence electrons. The maximum absolute atomic E-state index is 12.8. The first-order valence-corrected chi connectivity index (χ1v) is 6.55. The van der Waals surface area contributed by atoms with Crippen molar-refractivity contribution < 1.29 is 28.8 Å². The summed E-state index contributed by atoms with van der Waals surface area (Å²) < 4.78 is 0. The van der Waals surface area contributed by atoms with Gasteiger partial charge in [-0.3, -0.25) is 9.59 Å². The summed E-state index contributed by atoms with van der Waals surface area (Å²) in [5, 5.41) is -0.925. The molecule has 2 aromatic rings. The van der Waals surface area contributed by atoms with Crippen molar-refractivity contribution in [2.75, 3.05) is 0 Å². The van der Waals surface area contributed by atoms with E-state index in [0.717, 1.165) is 24.3 Å². The average molecular weight is 316 g/mol. The summed E-state index contributed by atoms with van der Waals surface area (Å²) in [6.45, 7) is 0. The van der Waals surface area contributed by atoms with Crippen LogP contribution in [0, 0.1) is 0 Å². The standard InChI is InChI=1S/C18H4O6/c19-5-9-1-2-10(6-20)14-13(9)17(23)15-11(7-21)3-4-12(8-22)16(15)18(14)24/h1-4H. The number of fused-ring (bicyclic) bond motifs is 2. The molecule has 0 aliphatic heterocycles. The molecule has 0 atom stereocenters. The first kappa shape index (κ1) is 15.0. The number of rotatable bonds is 0. The fraction of sp³-hybridized carbons (Fsp3) is 0. The molecule has 1 aliphatic rings. The maximum Gasteiger partial charge on any atom is 0.197 e. The van der Waals surface area contributed by atoms with Crippen molar-refractivity contribution in [2.24, 2.45) is 0 Å². The van der Waals surface area contributed by atoms with Crippen LogP contribution in [0.1, 0.15) is 31.8 Å². The van der Waals surface area contributed by atoms with E-state index in [0.29, 0.717) is 0 Å². The summed E-state index contributed by atoms with van der Waals surface area (Å²) in [6, 6.07) is 4.62. The second kappa shape index (κ2) is 5.38. The van der Waals surface area contributed by atoms with Crippen molar-refractivity contribution in [3.05, 3.63) is 67.4 Å². The van der Waals surface area contributed by atoms with E-state index in [9.17, 15) is 28.8 Å². The number of carbonyl (C=O) groups excluding carboxylic acids is 6. The molecule has 0 spiro atoms. The van der Waals surface area contributed by atoms with E-state index < -0.39 is 11.6 Å². The number of hydrogen-bond acceptors (Lipinski definition) is 6. The van der Waals surface area contributed by atoms with E-state index in [4.69, 9.17) is 0 Å². The largest absolute Gasteiger partial charge is 0.288 e. The molecule has 6 nitrogen and oxygen atoms in total. The van der Waals surface area contributed by atoms with Crippen LogP contribution in [0.2, 0.25) is 0 Å².